The van der Waals surface area contributed by atoms with Crippen molar-refractivity contribution in [1.82, 2.24) is 14.7 Å². The van der Waals surface area contributed by atoms with Crippen molar-refractivity contribution >= 4 is 46.2 Å². The van der Waals surface area contributed by atoms with E-state index in [1.54, 1.807) is 7.05 Å². The van der Waals surface area contributed by atoms with Gasteiger partial charge in [-0.15, -0.1) is 0 Å². The highest BCUT2D eigenvalue weighted by atomic mass is 32.2. The number of carbonyl (C=O) groups excluding carboxylic acids is 2. The zero-order valence-corrected chi connectivity index (χ0v) is 15.3. The molecule has 0 saturated carbocycles. The number of amides is 2. The molecule has 2 heterocycles. The standard InChI is InChI=1S/C17H19N3O2S2/c1-18-7-9-20(10-8-18)15(21)13-5-3-12(4-6-13)11-14-16(22)19(2)17(23)24-14/h3-6,11H,7-10H2,1-2H3/b14-11+. The maximum Gasteiger partial charge on any atom is 0.265 e. The normalized spacial score (nSPS) is 21.0. The molecule has 1 aromatic carbocycles. The van der Waals surface area contributed by atoms with Gasteiger partial charge in [0.15, 0.2) is 0 Å². The highest BCUT2D eigenvalue weighted by Crippen LogP contribution is 2.31. The van der Waals surface area contributed by atoms with Crippen LogP contribution in [0.1, 0.15) is 15.9 Å². The Hall–Kier alpha value is -1.70. The fourth-order valence-corrected chi connectivity index (χ4v) is 3.79. The maximum absolute atomic E-state index is 12.5. The number of carbonyl (C=O) groups is 2. The minimum Gasteiger partial charge on any atom is -0.336 e. The molecule has 2 fully saturated rings. The molecule has 0 atom stereocenters. The average Bonchev–Trinajstić information content (AvgIpc) is 2.83. The van der Waals surface area contributed by atoms with Crippen molar-refractivity contribution < 1.29 is 9.59 Å². The first-order chi connectivity index (χ1) is 11.5. The molecule has 2 aliphatic rings. The van der Waals surface area contributed by atoms with Gasteiger partial charge >= 0.3 is 0 Å². The quantitative estimate of drug-likeness (QED) is 0.595. The summed E-state index contributed by atoms with van der Waals surface area (Å²) >= 11 is 6.42. The van der Waals surface area contributed by atoms with E-state index in [2.05, 4.69) is 11.9 Å². The summed E-state index contributed by atoms with van der Waals surface area (Å²) in [5.74, 6) is -0.0166. The topological polar surface area (TPSA) is 43.9 Å². The smallest absolute Gasteiger partial charge is 0.265 e. The van der Waals surface area contributed by atoms with Crippen molar-refractivity contribution in [2.24, 2.45) is 0 Å². The van der Waals surface area contributed by atoms with E-state index >= 15 is 0 Å². The molecule has 126 valence electrons. The highest BCUT2D eigenvalue weighted by molar-refractivity contribution is 8.26. The van der Waals surface area contributed by atoms with Gasteiger partial charge in [-0.2, -0.15) is 0 Å². The van der Waals surface area contributed by atoms with E-state index in [9.17, 15) is 9.59 Å². The van der Waals surface area contributed by atoms with Crippen molar-refractivity contribution in [3.05, 3.63) is 40.3 Å². The third-order valence-electron chi connectivity index (χ3n) is 4.23. The third-order valence-corrected chi connectivity index (χ3v) is 5.72. The summed E-state index contributed by atoms with van der Waals surface area (Å²) in [6, 6.07) is 7.37. The van der Waals surface area contributed by atoms with Crippen LogP contribution >= 0.6 is 24.0 Å². The van der Waals surface area contributed by atoms with Gasteiger partial charge in [0.2, 0.25) is 0 Å². The first-order valence-electron chi connectivity index (χ1n) is 7.75. The molecule has 2 saturated heterocycles. The van der Waals surface area contributed by atoms with Crippen LogP contribution in [0.3, 0.4) is 0 Å². The summed E-state index contributed by atoms with van der Waals surface area (Å²) in [6.45, 7) is 3.33. The van der Waals surface area contributed by atoms with E-state index in [-0.39, 0.29) is 11.8 Å². The summed E-state index contributed by atoms with van der Waals surface area (Å²) in [4.78, 5) is 30.7. The highest BCUT2D eigenvalue weighted by Gasteiger charge is 2.28. The van der Waals surface area contributed by atoms with Crippen molar-refractivity contribution in [3.8, 4) is 0 Å². The first-order valence-corrected chi connectivity index (χ1v) is 8.97. The molecule has 0 N–H and O–H groups in total. The van der Waals surface area contributed by atoms with E-state index < -0.39 is 0 Å². The molecule has 0 bridgehead atoms. The van der Waals surface area contributed by atoms with Crippen LogP contribution in [0.5, 0.6) is 0 Å². The molecule has 7 heteroatoms. The SMILES string of the molecule is CN1CCN(C(=O)c2ccc(/C=C3/SC(=S)N(C)C3=O)cc2)CC1. The fourth-order valence-electron chi connectivity index (χ4n) is 2.61. The fraction of sp³-hybridized carbons (Fsp3) is 0.353. The Morgan fingerprint density at radius 1 is 1.12 bits per heavy atom. The largest absolute Gasteiger partial charge is 0.336 e. The summed E-state index contributed by atoms with van der Waals surface area (Å²) in [6.07, 6.45) is 1.81. The number of hydrogen-bond donors (Lipinski definition) is 0. The number of thioether (sulfide) groups is 1. The number of benzene rings is 1. The Morgan fingerprint density at radius 3 is 2.29 bits per heavy atom. The van der Waals surface area contributed by atoms with Gasteiger partial charge in [-0.3, -0.25) is 14.5 Å². The average molecular weight is 361 g/mol. The lowest BCUT2D eigenvalue weighted by molar-refractivity contribution is -0.121. The van der Waals surface area contributed by atoms with Crippen molar-refractivity contribution in [2.75, 3.05) is 40.3 Å². The van der Waals surface area contributed by atoms with Gasteiger partial charge in [0.05, 0.1) is 4.91 Å². The van der Waals surface area contributed by atoms with Crippen LogP contribution in [0.4, 0.5) is 0 Å². The number of piperazine rings is 1. The Labute approximate surface area is 151 Å². The lowest BCUT2D eigenvalue weighted by Crippen LogP contribution is -2.47. The molecule has 3 rings (SSSR count). The van der Waals surface area contributed by atoms with Crippen molar-refractivity contribution in [3.63, 3.8) is 0 Å². The molecule has 1 aromatic rings. The van der Waals surface area contributed by atoms with Crippen LogP contribution < -0.4 is 0 Å². The number of hydrogen-bond acceptors (Lipinski definition) is 5. The summed E-state index contributed by atoms with van der Waals surface area (Å²) in [5.41, 5.74) is 1.57. The Balaban J connectivity index is 1.71. The summed E-state index contributed by atoms with van der Waals surface area (Å²) in [7, 11) is 3.74. The van der Waals surface area contributed by atoms with Crippen LogP contribution in [-0.2, 0) is 4.79 Å². The second-order valence-electron chi connectivity index (χ2n) is 5.96. The van der Waals surface area contributed by atoms with Gasteiger partial charge in [0.1, 0.15) is 4.32 Å². The molecule has 0 aliphatic carbocycles. The van der Waals surface area contributed by atoms with Crippen LogP contribution in [0, 0.1) is 0 Å². The summed E-state index contributed by atoms with van der Waals surface area (Å²) in [5, 5.41) is 0. The van der Waals surface area contributed by atoms with Gasteiger partial charge in [-0.05, 0) is 30.8 Å². The van der Waals surface area contributed by atoms with E-state index in [1.807, 2.05) is 35.2 Å². The van der Waals surface area contributed by atoms with E-state index in [4.69, 9.17) is 12.2 Å². The lowest BCUT2D eigenvalue weighted by atomic mass is 10.1. The molecule has 2 amide bonds. The minimum atomic E-state index is -0.0809. The van der Waals surface area contributed by atoms with Crippen molar-refractivity contribution in [1.29, 1.82) is 0 Å². The lowest BCUT2D eigenvalue weighted by Gasteiger charge is -2.32. The van der Waals surface area contributed by atoms with Gasteiger partial charge in [0, 0.05) is 38.8 Å². The molecule has 0 aromatic heterocycles. The van der Waals surface area contributed by atoms with E-state index in [0.29, 0.717) is 14.8 Å². The van der Waals surface area contributed by atoms with Gasteiger partial charge < -0.3 is 9.80 Å². The van der Waals surface area contributed by atoms with Crippen LogP contribution in [0.2, 0.25) is 0 Å². The zero-order chi connectivity index (χ0) is 17.3. The second-order valence-corrected chi connectivity index (χ2v) is 7.63. The molecule has 24 heavy (non-hydrogen) atoms. The maximum atomic E-state index is 12.5. The van der Waals surface area contributed by atoms with Gasteiger partial charge in [-0.25, -0.2) is 0 Å². The molecular formula is C17H19N3O2S2. The minimum absolute atomic E-state index is 0.0644. The molecular weight excluding hydrogens is 342 g/mol. The Kier molecular flexibility index (Phi) is 5.03. The number of thiocarbonyl (C=S) groups is 1. The van der Waals surface area contributed by atoms with Crippen LogP contribution in [0.15, 0.2) is 29.2 Å². The third kappa shape index (κ3) is 3.53. The molecule has 5 nitrogen and oxygen atoms in total. The first kappa shape index (κ1) is 17.1. The Bertz CT molecular complexity index is 707. The number of nitrogens with zero attached hydrogens (tertiary/aromatic N) is 3. The molecule has 0 unspecified atom stereocenters. The molecule has 2 aliphatic heterocycles. The van der Waals surface area contributed by atoms with Crippen LogP contribution in [0.25, 0.3) is 6.08 Å². The predicted molar refractivity (Wildman–Crippen MR) is 101 cm³/mol. The monoisotopic (exact) mass is 361 g/mol. The van der Waals surface area contributed by atoms with E-state index in [1.165, 1.54) is 16.7 Å². The predicted octanol–water partition coefficient (Wildman–Crippen LogP) is 1.91. The summed E-state index contributed by atoms with van der Waals surface area (Å²) < 4.78 is 0.563. The Morgan fingerprint density at radius 2 is 1.75 bits per heavy atom. The number of rotatable bonds is 2. The van der Waals surface area contributed by atoms with Gasteiger partial charge in [0.25, 0.3) is 11.8 Å². The molecule has 0 radical (unpaired) electrons. The number of likely N-dealkylation sites (N-methyl/N-ethyl adjacent to an activating group) is 2. The molecule has 0 spiro atoms. The van der Waals surface area contributed by atoms with Crippen LogP contribution in [-0.4, -0.2) is 71.1 Å². The van der Waals surface area contributed by atoms with Gasteiger partial charge in [-0.1, -0.05) is 36.1 Å². The van der Waals surface area contributed by atoms with E-state index in [0.717, 1.165) is 31.7 Å². The van der Waals surface area contributed by atoms with Crippen molar-refractivity contribution in [2.45, 2.75) is 0 Å². The zero-order valence-electron chi connectivity index (χ0n) is 13.7. The second kappa shape index (κ2) is 7.04.